The third-order valence-corrected chi connectivity index (χ3v) is 4.29. The zero-order valence-electron chi connectivity index (χ0n) is 12.0. The maximum absolute atomic E-state index is 12.1. The first-order chi connectivity index (χ1) is 9.88. The van der Waals surface area contributed by atoms with Gasteiger partial charge in [-0.3, -0.25) is 19.7 Å². The highest BCUT2D eigenvalue weighted by atomic mass is 16.5. The van der Waals surface area contributed by atoms with Crippen molar-refractivity contribution in [2.24, 2.45) is 23.5 Å². The van der Waals surface area contributed by atoms with Gasteiger partial charge in [-0.1, -0.05) is 6.42 Å². The van der Waals surface area contributed by atoms with E-state index in [1.165, 1.54) is 6.92 Å². The molecule has 0 aromatic rings. The third-order valence-electron chi connectivity index (χ3n) is 4.29. The van der Waals surface area contributed by atoms with Crippen molar-refractivity contribution < 1.29 is 23.9 Å². The molecular formula is C14H20N2O5. The Morgan fingerprint density at radius 2 is 1.81 bits per heavy atom. The van der Waals surface area contributed by atoms with Gasteiger partial charge in [0.05, 0.1) is 5.92 Å². The number of ether oxygens (including phenoxy) is 1. The van der Waals surface area contributed by atoms with Crippen molar-refractivity contribution in [3.8, 4) is 0 Å². The molecule has 21 heavy (non-hydrogen) atoms. The number of esters is 1. The topological polar surface area (TPSA) is 116 Å². The number of nitrogens with two attached hydrogens (primary N) is 1. The first-order valence-electron chi connectivity index (χ1n) is 7.23. The lowest BCUT2D eigenvalue weighted by Gasteiger charge is -2.36. The van der Waals surface area contributed by atoms with E-state index in [-0.39, 0.29) is 23.5 Å². The van der Waals surface area contributed by atoms with Gasteiger partial charge in [-0.2, -0.15) is 0 Å². The van der Waals surface area contributed by atoms with Crippen LogP contribution in [0, 0.1) is 17.8 Å². The average molecular weight is 296 g/mol. The number of urea groups is 1. The average Bonchev–Trinajstić information content (AvgIpc) is 2.37. The van der Waals surface area contributed by atoms with Crippen molar-refractivity contribution in [2.75, 3.05) is 0 Å². The second kappa shape index (κ2) is 6.24. The van der Waals surface area contributed by atoms with Gasteiger partial charge in [0.15, 0.2) is 6.10 Å². The second-order valence-corrected chi connectivity index (χ2v) is 5.83. The number of fused-ring (bicyclic) bond motifs is 2. The number of hydrogen-bond acceptors (Lipinski definition) is 5. The van der Waals surface area contributed by atoms with Gasteiger partial charge in [0.25, 0.3) is 5.91 Å². The summed E-state index contributed by atoms with van der Waals surface area (Å²) in [7, 11) is 0. The summed E-state index contributed by atoms with van der Waals surface area (Å²) in [4.78, 5) is 46.1. The molecule has 2 bridgehead atoms. The van der Waals surface area contributed by atoms with E-state index in [0.29, 0.717) is 12.8 Å². The summed E-state index contributed by atoms with van der Waals surface area (Å²) in [6, 6.07) is -0.985. The molecule has 2 aliphatic rings. The first-order valence-corrected chi connectivity index (χ1v) is 7.23. The zero-order valence-corrected chi connectivity index (χ0v) is 12.0. The Kier molecular flexibility index (Phi) is 4.59. The molecule has 2 fully saturated rings. The molecule has 4 atom stereocenters. The standard InChI is InChI=1S/C14H20N2O5/c1-7(12(18)16-14(15)20)21-13(19)10-5-8-3-2-4-9(6-10)11(8)17/h7-10H,2-6H2,1H3,(H3,15,16,18,20)/t7-,8-,9+,10?/m1/s1. The zero-order chi connectivity index (χ0) is 15.6. The molecule has 0 radical (unpaired) electrons. The van der Waals surface area contributed by atoms with Crippen LogP contribution in [-0.2, 0) is 19.1 Å². The Bertz CT molecular complexity index is 460. The highest BCUT2D eigenvalue weighted by Gasteiger charge is 2.42. The number of hydrogen-bond donors (Lipinski definition) is 2. The van der Waals surface area contributed by atoms with Crippen LogP contribution in [0.4, 0.5) is 4.79 Å². The molecule has 3 amide bonds. The maximum atomic E-state index is 12.1. The Morgan fingerprint density at radius 1 is 1.24 bits per heavy atom. The SMILES string of the molecule is C[C@@H](OC(=O)C1C[C@H]2CCC[C@@H](C1)C2=O)C(=O)NC(N)=O. The Balaban J connectivity index is 1.90. The molecule has 0 heterocycles. The summed E-state index contributed by atoms with van der Waals surface area (Å²) in [6.45, 7) is 1.38. The van der Waals surface area contributed by atoms with E-state index in [4.69, 9.17) is 10.5 Å². The maximum Gasteiger partial charge on any atom is 0.318 e. The summed E-state index contributed by atoms with van der Waals surface area (Å²) in [5, 5.41) is 1.87. The summed E-state index contributed by atoms with van der Waals surface area (Å²) in [5.74, 6) is -1.41. The fraction of sp³-hybridized carbons (Fsp3) is 0.714. The van der Waals surface area contributed by atoms with Crippen molar-refractivity contribution >= 4 is 23.7 Å². The fourth-order valence-corrected chi connectivity index (χ4v) is 3.22. The number of carbonyl (C=O) groups excluding carboxylic acids is 4. The van der Waals surface area contributed by atoms with E-state index in [0.717, 1.165) is 19.3 Å². The van der Waals surface area contributed by atoms with Crippen molar-refractivity contribution in [1.82, 2.24) is 5.32 Å². The smallest absolute Gasteiger partial charge is 0.318 e. The minimum Gasteiger partial charge on any atom is -0.452 e. The van der Waals surface area contributed by atoms with Crippen LogP contribution in [-0.4, -0.2) is 29.8 Å². The van der Waals surface area contributed by atoms with Crippen molar-refractivity contribution in [2.45, 2.75) is 45.1 Å². The molecule has 0 aliphatic heterocycles. The quantitative estimate of drug-likeness (QED) is 0.736. The van der Waals surface area contributed by atoms with Crippen LogP contribution < -0.4 is 11.1 Å². The van der Waals surface area contributed by atoms with Crippen LogP contribution in [0.5, 0.6) is 0 Å². The highest BCUT2D eigenvalue weighted by molar-refractivity contribution is 5.96. The molecule has 3 N–H and O–H groups in total. The van der Waals surface area contributed by atoms with Crippen molar-refractivity contribution in [1.29, 1.82) is 0 Å². The highest BCUT2D eigenvalue weighted by Crippen LogP contribution is 2.40. The van der Waals surface area contributed by atoms with E-state index in [1.54, 1.807) is 0 Å². The third kappa shape index (κ3) is 3.59. The van der Waals surface area contributed by atoms with E-state index in [9.17, 15) is 19.2 Å². The lowest BCUT2D eigenvalue weighted by atomic mass is 9.67. The van der Waals surface area contributed by atoms with E-state index in [2.05, 4.69) is 0 Å². The monoisotopic (exact) mass is 296 g/mol. The van der Waals surface area contributed by atoms with E-state index in [1.807, 2.05) is 5.32 Å². The molecule has 0 aromatic carbocycles. The molecule has 2 rings (SSSR count). The Hall–Kier alpha value is -1.92. The van der Waals surface area contributed by atoms with Gasteiger partial charge in [0.1, 0.15) is 5.78 Å². The molecule has 1 unspecified atom stereocenters. The molecule has 2 saturated carbocycles. The molecule has 0 spiro atoms. The van der Waals surface area contributed by atoms with Crippen LogP contribution in [0.2, 0.25) is 0 Å². The van der Waals surface area contributed by atoms with E-state index >= 15 is 0 Å². The first kappa shape index (κ1) is 15.5. The van der Waals surface area contributed by atoms with E-state index < -0.39 is 24.0 Å². The lowest BCUT2D eigenvalue weighted by Crippen LogP contribution is -2.44. The largest absolute Gasteiger partial charge is 0.452 e. The van der Waals surface area contributed by atoms with Gasteiger partial charge < -0.3 is 10.5 Å². The number of nitrogens with one attached hydrogen (secondary N) is 1. The minimum atomic E-state index is -1.08. The number of imide groups is 1. The minimum absolute atomic E-state index is 0.0511. The van der Waals surface area contributed by atoms with Crippen LogP contribution >= 0.6 is 0 Å². The van der Waals surface area contributed by atoms with Crippen molar-refractivity contribution in [3.63, 3.8) is 0 Å². The summed E-state index contributed by atoms with van der Waals surface area (Å²) >= 11 is 0. The van der Waals surface area contributed by atoms with Gasteiger partial charge in [-0.25, -0.2) is 4.79 Å². The van der Waals surface area contributed by atoms with Crippen LogP contribution in [0.25, 0.3) is 0 Å². The predicted octanol–water partition coefficient (Wildman–Crippen LogP) is 0.508. The summed E-state index contributed by atoms with van der Waals surface area (Å²) in [6.07, 6.45) is 2.60. The molecule has 0 aromatic heterocycles. The van der Waals surface area contributed by atoms with Gasteiger partial charge in [-0.15, -0.1) is 0 Å². The van der Waals surface area contributed by atoms with Crippen LogP contribution in [0.3, 0.4) is 0 Å². The number of Topliss-reactive ketones (excluding diaryl/α,β-unsaturated/α-hetero) is 1. The van der Waals surface area contributed by atoms with Gasteiger partial charge >= 0.3 is 12.0 Å². The normalized spacial score (nSPS) is 29.4. The Labute approximate surface area is 122 Å². The summed E-state index contributed by atoms with van der Waals surface area (Å²) < 4.78 is 5.08. The van der Waals surface area contributed by atoms with Crippen LogP contribution in [0.1, 0.15) is 39.0 Å². The predicted molar refractivity (Wildman–Crippen MR) is 71.8 cm³/mol. The molecule has 7 heteroatoms. The lowest BCUT2D eigenvalue weighted by molar-refractivity contribution is -0.162. The fourth-order valence-electron chi connectivity index (χ4n) is 3.22. The Morgan fingerprint density at radius 3 is 2.33 bits per heavy atom. The molecule has 0 saturated heterocycles. The number of ketones is 1. The number of primary amides is 1. The molecule has 116 valence electrons. The van der Waals surface area contributed by atoms with Crippen molar-refractivity contribution in [3.05, 3.63) is 0 Å². The van der Waals surface area contributed by atoms with Crippen LogP contribution in [0.15, 0.2) is 0 Å². The summed E-state index contributed by atoms with van der Waals surface area (Å²) in [5.41, 5.74) is 4.83. The molecule has 2 aliphatic carbocycles. The van der Waals surface area contributed by atoms with Gasteiger partial charge in [0.2, 0.25) is 0 Å². The van der Waals surface area contributed by atoms with Gasteiger partial charge in [0, 0.05) is 11.8 Å². The number of amides is 3. The molecule has 7 nitrogen and oxygen atoms in total. The number of carbonyl (C=O) groups is 4. The number of rotatable bonds is 3. The second-order valence-electron chi connectivity index (χ2n) is 5.83. The van der Waals surface area contributed by atoms with Gasteiger partial charge in [-0.05, 0) is 32.6 Å². The molecular weight excluding hydrogens is 276 g/mol.